The molecule has 0 unspecified atom stereocenters. The average Bonchev–Trinajstić information content (AvgIpc) is 2.38. The van der Waals surface area contributed by atoms with Gasteiger partial charge in [-0.2, -0.15) is 0 Å². The summed E-state index contributed by atoms with van der Waals surface area (Å²) in [5, 5.41) is 2.32. The van der Waals surface area contributed by atoms with Crippen LogP contribution in [0.15, 0.2) is 24.3 Å². The average molecular weight is 255 g/mol. The highest BCUT2D eigenvalue weighted by molar-refractivity contribution is 5.81. The molecule has 0 radical (unpaired) electrons. The third-order valence-electron chi connectivity index (χ3n) is 2.08. The molecule has 18 heavy (non-hydrogen) atoms. The molecule has 1 aromatic rings. The third-order valence-corrected chi connectivity index (χ3v) is 2.08. The monoisotopic (exact) mass is 255 g/mol. The second-order valence-corrected chi connectivity index (χ2v) is 3.49. The summed E-state index contributed by atoms with van der Waals surface area (Å²) in [6.45, 7) is 1.13. The van der Waals surface area contributed by atoms with Crippen LogP contribution in [0.5, 0.6) is 5.75 Å². The zero-order chi connectivity index (χ0) is 13.5. The van der Waals surface area contributed by atoms with Gasteiger partial charge in [-0.25, -0.2) is 9.18 Å². The van der Waals surface area contributed by atoms with Gasteiger partial charge in [-0.3, -0.25) is 4.79 Å². The van der Waals surface area contributed by atoms with Crippen molar-refractivity contribution in [2.75, 3.05) is 13.7 Å². The normalized spacial score (nSPS) is 11.5. The SMILES string of the molecule is CNC(=O)COC(=O)[C@@H](C)Oc1ccc(F)cc1. The van der Waals surface area contributed by atoms with Crippen molar-refractivity contribution in [3.05, 3.63) is 30.1 Å². The van der Waals surface area contributed by atoms with E-state index in [0.717, 1.165) is 0 Å². The number of hydrogen-bond acceptors (Lipinski definition) is 4. The van der Waals surface area contributed by atoms with Crippen LogP contribution in [0.2, 0.25) is 0 Å². The van der Waals surface area contributed by atoms with Crippen LogP contribution < -0.4 is 10.1 Å². The molecule has 0 aromatic heterocycles. The minimum atomic E-state index is -0.875. The van der Waals surface area contributed by atoms with Gasteiger partial charge in [0.25, 0.3) is 5.91 Å². The number of benzene rings is 1. The summed E-state index contributed by atoms with van der Waals surface area (Å²) >= 11 is 0. The predicted octanol–water partition coefficient (Wildman–Crippen LogP) is 0.882. The summed E-state index contributed by atoms with van der Waals surface area (Å²) in [6.07, 6.45) is -0.875. The molecule has 1 rings (SSSR count). The highest BCUT2D eigenvalue weighted by Crippen LogP contribution is 2.13. The highest BCUT2D eigenvalue weighted by Gasteiger charge is 2.17. The van der Waals surface area contributed by atoms with Crippen molar-refractivity contribution in [1.29, 1.82) is 0 Å². The molecule has 5 nitrogen and oxygen atoms in total. The molecule has 1 atom stereocenters. The van der Waals surface area contributed by atoms with Crippen molar-refractivity contribution in [2.45, 2.75) is 13.0 Å². The van der Waals surface area contributed by atoms with E-state index in [1.165, 1.54) is 38.2 Å². The highest BCUT2D eigenvalue weighted by atomic mass is 19.1. The molecule has 0 aliphatic heterocycles. The number of carbonyl (C=O) groups excluding carboxylic acids is 2. The van der Waals surface area contributed by atoms with E-state index in [-0.39, 0.29) is 6.61 Å². The van der Waals surface area contributed by atoms with E-state index in [1.807, 2.05) is 0 Å². The molecule has 0 saturated heterocycles. The van der Waals surface area contributed by atoms with Gasteiger partial charge >= 0.3 is 5.97 Å². The lowest BCUT2D eigenvalue weighted by Gasteiger charge is -2.13. The lowest BCUT2D eigenvalue weighted by atomic mass is 10.3. The summed E-state index contributed by atoms with van der Waals surface area (Å²) in [7, 11) is 1.44. The molecular formula is C12H14FNO4. The Morgan fingerprint density at radius 2 is 1.94 bits per heavy atom. The molecule has 0 heterocycles. The fourth-order valence-corrected chi connectivity index (χ4v) is 1.09. The first-order chi connectivity index (χ1) is 8.52. The first-order valence-electron chi connectivity index (χ1n) is 5.32. The lowest BCUT2D eigenvalue weighted by molar-refractivity contribution is -0.154. The van der Waals surface area contributed by atoms with Gasteiger partial charge in [0, 0.05) is 7.05 Å². The minimum Gasteiger partial charge on any atom is -0.479 e. The zero-order valence-corrected chi connectivity index (χ0v) is 10.1. The van der Waals surface area contributed by atoms with Gasteiger partial charge in [0.1, 0.15) is 11.6 Å². The molecule has 6 heteroatoms. The van der Waals surface area contributed by atoms with Gasteiger partial charge in [-0.05, 0) is 31.2 Å². The van der Waals surface area contributed by atoms with Crippen LogP contribution >= 0.6 is 0 Å². The molecule has 1 aromatic carbocycles. The Labute approximate surface area is 104 Å². The van der Waals surface area contributed by atoms with Crippen LogP contribution in [0.4, 0.5) is 4.39 Å². The molecule has 0 aliphatic carbocycles. The van der Waals surface area contributed by atoms with Crippen LogP contribution in [-0.4, -0.2) is 31.6 Å². The van der Waals surface area contributed by atoms with Gasteiger partial charge in [-0.15, -0.1) is 0 Å². The Balaban J connectivity index is 2.44. The van der Waals surface area contributed by atoms with Crippen molar-refractivity contribution in [1.82, 2.24) is 5.32 Å². The molecule has 0 saturated carbocycles. The fraction of sp³-hybridized carbons (Fsp3) is 0.333. The van der Waals surface area contributed by atoms with E-state index >= 15 is 0 Å². The summed E-state index contributed by atoms with van der Waals surface area (Å²) < 4.78 is 22.6. The second-order valence-electron chi connectivity index (χ2n) is 3.49. The first kappa shape index (κ1) is 14.0. The molecule has 0 spiro atoms. The Kier molecular flexibility index (Phi) is 5.10. The molecule has 1 amide bonds. The Hall–Kier alpha value is -2.11. The van der Waals surface area contributed by atoms with Crippen LogP contribution in [-0.2, 0) is 14.3 Å². The van der Waals surface area contributed by atoms with Crippen molar-refractivity contribution < 1.29 is 23.5 Å². The van der Waals surface area contributed by atoms with E-state index < -0.39 is 23.8 Å². The van der Waals surface area contributed by atoms with E-state index in [2.05, 4.69) is 5.32 Å². The van der Waals surface area contributed by atoms with Gasteiger partial charge in [-0.1, -0.05) is 0 Å². The van der Waals surface area contributed by atoms with Gasteiger partial charge in [0.05, 0.1) is 0 Å². The van der Waals surface area contributed by atoms with Crippen LogP contribution in [0, 0.1) is 5.82 Å². The predicted molar refractivity (Wildman–Crippen MR) is 61.5 cm³/mol. The topological polar surface area (TPSA) is 64.6 Å². The number of likely N-dealkylation sites (N-methyl/N-ethyl adjacent to an activating group) is 1. The number of halogens is 1. The van der Waals surface area contributed by atoms with E-state index in [1.54, 1.807) is 0 Å². The third kappa shape index (κ3) is 4.40. The molecular weight excluding hydrogens is 241 g/mol. The molecule has 0 aliphatic rings. The molecule has 0 bridgehead atoms. The van der Waals surface area contributed by atoms with E-state index in [9.17, 15) is 14.0 Å². The second kappa shape index (κ2) is 6.58. The van der Waals surface area contributed by atoms with Gasteiger partial charge in [0.2, 0.25) is 0 Å². The number of nitrogens with one attached hydrogen (secondary N) is 1. The standard InChI is InChI=1S/C12H14FNO4/c1-8(12(16)17-7-11(15)14-2)18-10-5-3-9(13)4-6-10/h3-6,8H,7H2,1-2H3,(H,14,15)/t8-/m1/s1. The Bertz CT molecular complexity index is 419. The summed E-state index contributed by atoms with van der Waals surface area (Å²) in [4.78, 5) is 22.3. The Morgan fingerprint density at radius 1 is 1.33 bits per heavy atom. The van der Waals surface area contributed by atoms with Gasteiger partial charge in [0.15, 0.2) is 12.7 Å². The zero-order valence-electron chi connectivity index (χ0n) is 10.1. The summed E-state index contributed by atoms with van der Waals surface area (Å²) in [5.74, 6) is -1.11. The number of carbonyl (C=O) groups is 2. The number of esters is 1. The number of amides is 1. The van der Waals surface area contributed by atoms with Crippen molar-refractivity contribution in [3.8, 4) is 5.75 Å². The molecule has 0 fully saturated rings. The number of ether oxygens (including phenoxy) is 2. The van der Waals surface area contributed by atoms with Crippen LogP contribution in [0.1, 0.15) is 6.92 Å². The van der Waals surface area contributed by atoms with Crippen LogP contribution in [0.25, 0.3) is 0 Å². The maximum absolute atomic E-state index is 12.6. The minimum absolute atomic E-state index is 0.348. The smallest absolute Gasteiger partial charge is 0.347 e. The quantitative estimate of drug-likeness (QED) is 0.793. The van der Waals surface area contributed by atoms with Crippen molar-refractivity contribution in [3.63, 3.8) is 0 Å². The first-order valence-corrected chi connectivity index (χ1v) is 5.32. The van der Waals surface area contributed by atoms with Crippen LogP contribution in [0.3, 0.4) is 0 Å². The maximum atomic E-state index is 12.6. The molecule has 98 valence electrons. The van der Waals surface area contributed by atoms with Crippen molar-refractivity contribution >= 4 is 11.9 Å². The Morgan fingerprint density at radius 3 is 2.50 bits per heavy atom. The summed E-state index contributed by atoms with van der Waals surface area (Å²) in [6, 6.07) is 5.24. The van der Waals surface area contributed by atoms with E-state index in [0.29, 0.717) is 5.75 Å². The lowest BCUT2D eigenvalue weighted by Crippen LogP contribution is -2.31. The maximum Gasteiger partial charge on any atom is 0.347 e. The van der Waals surface area contributed by atoms with Gasteiger partial charge < -0.3 is 14.8 Å². The number of rotatable bonds is 5. The largest absolute Gasteiger partial charge is 0.479 e. The van der Waals surface area contributed by atoms with E-state index in [4.69, 9.17) is 9.47 Å². The molecule has 1 N–H and O–H groups in total. The number of hydrogen-bond donors (Lipinski definition) is 1. The summed E-state index contributed by atoms with van der Waals surface area (Å²) in [5.41, 5.74) is 0. The van der Waals surface area contributed by atoms with Crippen molar-refractivity contribution in [2.24, 2.45) is 0 Å². The fourth-order valence-electron chi connectivity index (χ4n) is 1.09.